The van der Waals surface area contributed by atoms with Crippen molar-refractivity contribution < 1.29 is 27.1 Å². The molecule has 7 heteroatoms. The molecule has 0 unspecified atom stereocenters. The van der Waals surface area contributed by atoms with Crippen molar-refractivity contribution in [2.45, 2.75) is 0 Å². The predicted octanol–water partition coefficient (Wildman–Crippen LogP) is 1.44. The van der Waals surface area contributed by atoms with E-state index in [0.29, 0.717) is 0 Å². The van der Waals surface area contributed by atoms with Crippen LogP contribution in [0.15, 0.2) is 0 Å². The quantitative estimate of drug-likeness (QED) is 0.296. The Labute approximate surface area is 91.5 Å². The van der Waals surface area contributed by atoms with Gasteiger partial charge in [-0.05, 0) is 0 Å². The second kappa shape index (κ2) is 4.26. The molecule has 0 spiro atoms. The van der Waals surface area contributed by atoms with Crippen molar-refractivity contribution in [1.29, 1.82) is 0 Å². The van der Waals surface area contributed by atoms with E-state index in [0.717, 1.165) is 0 Å². The van der Waals surface area contributed by atoms with Crippen LogP contribution in [0.5, 0.6) is 5.75 Å². The molecule has 0 atom stereocenters. The summed E-state index contributed by atoms with van der Waals surface area (Å²) in [5, 5.41) is 8.30. The number of benzene rings is 1. The van der Waals surface area contributed by atoms with Gasteiger partial charge in [0.25, 0.3) is 0 Å². The van der Waals surface area contributed by atoms with Crippen molar-refractivity contribution in [2.75, 3.05) is 0 Å². The monoisotopic (exact) mass is 208 g/mol. The number of hydrogen-bond acceptors (Lipinski definition) is 1. The summed E-state index contributed by atoms with van der Waals surface area (Å²) < 4.78 is 60.6. The molecule has 0 saturated heterocycles. The van der Waals surface area contributed by atoms with E-state index < -0.39 is 34.8 Å². The van der Waals surface area contributed by atoms with Crippen LogP contribution >= 0.6 is 0 Å². The zero-order valence-corrected chi connectivity index (χ0v) is 5.34. The van der Waals surface area contributed by atoms with Crippen molar-refractivity contribution in [3.8, 4) is 5.75 Å². The fourth-order valence-electron chi connectivity index (χ4n) is 0.593. The molecule has 0 aliphatic heterocycles. The number of halogens is 5. The first-order valence-electron chi connectivity index (χ1n) is 2.67. The summed E-state index contributed by atoms with van der Waals surface area (Å²) >= 11 is 0. The van der Waals surface area contributed by atoms with Crippen molar-refractivity contribution in [2.24, 2.45) is 0 Å². The normalized spacial score (nSPS) is 9.62. The molecule has 1 N–H and O–H groups in total. The van der Waals surface area contributed by atoms with Crippen molar-refractivity contribution in [3.05, 3.63) is 29.1 Å². The van der Waals surface area contributed by atoms with E-state index in [1.165, 1.54) is 0 Å². The Hall–Kier alpha value is -0.330. The molecule has 1 rings (SSSR count). The standard InChI is InChI=1S/C6HF5O.Na.H/c7-1-2(8)4(10)6(12)5(11)3(1)9;;/h12H;;. The van der Waals surface area contributed by atoms with Gasteiger partial charge in [0, 0.05) is 0 Å². The van der Waals surface area contributed by atoms with E-state index in [-0.39, 0.29) is 29.6 Å². The van der Waals surface area contributed by atoms with Crippen LogP contribution in [0.3, 0.4) is 0 Å². The first kappa shape index (κ1) is 12.7. The van der Waals surface area contributed by atoms with Gasteiger partial charge >= 0.3 is 29.6 Å². The average molecular weight is 208 g/mol. The van der Waals surface area contributed by atoms with Gasteiger partial charge in [-0.25, -0.2) is 13.2 Å². The van der Waals surface area contributed by atoms with Gasteiger partial charge in [0.2, 0.25) is 29.1 Å². The van der Waals surface area contributed by atoms with Crippen LogP contribution < -0.4 is 0 Å². The summed E-state index contributed by atoms with van der Waals surface area (Å²) in [6, 6.07) is 0. The van der Waals surface area contributed by atoms with E-state index in [9.17, 15) is 22.0 Å². The maximum atomic E-state index is 12.2. The van der Waals surface area contributed by atoms with Gasteiger partial charge < -0.3 is 5.11 Å². The van der Waals surface area contributed by atoms with E-state index in [4.69, 9.17) is 5.11 Å². The number of phenols is 1. The molecule has 1 nitrogen and oxygen atoms in total. The minimum atomic E-state index is -2.29. The molecule has 68 valence electrons. The molecule has 0 amide bonds. The Balaban J connectivity index is 0.00000144. The third-order valence-electron chi connectivity index (χ3n) is 1.19. The van der Waals surface area contributed by atoms with Gasteiger partial charge in [-0.15, -0.1) is 0 Å². The fraction of sp³-hybridized carbons (Fsp3) is 0. The molecule has 0 radical (unpaired) electrons. The van der Waals surface area contributed by atoms with Gasteiger partial charge in [-0.1, -0.05) is 0 Å². The van der Waals surface area contributed by atoms with E-state index in [1.807, 2.05) is 0 Å². The Kier molecular flexibility index (Phi) is 4.15. The molecule has 1 aromatic rings. The van der Waals surface area contributed by atoms with Crippen LogP contribution in [0, 0.1) is 29.1 Å². The first-order chi connectivity index (χ1) is 5.46. The average Bonchev–Trinajstić information content (AvgIpc) is 2.08. The van der Waals surface area contributed by atoms with Gasteiger partial charge in [0.15, 0.2) is 5.75 Å². The number of aromatic hydroxyl groups is 1. The van der Waals surface area contributed by atoms with E-state index >= 15 is 0 Å². The van der Waals surface area contributed by atoms with Crippen molar-refractivity contribution >= 4 is 29.6 Å². The summed E-state index contributed by atoms with van der Waals surface area (Å²) in [6.45, 7) is 0. The van der Waals surface area contributed by atoms with E-state index in [2.05, 4.69) is 0 Å². The molecule has 0 bridgehead atoms. The summed E-state index contributed by atoms with van der Waals surface area (Å²) in [5.74, 6) is -12.9. The predicted molar refractivity (Wildman–Crippen MR) is 35.0 cm³/mol. The molecule has 0 fully saturated rings. The van der Waals surface area contributed by atoms with Gasteiger partial charge in [0.05, 0.1) is 0 Å². The molecule has 0 aliphatic rings. The molecule has 0 heterocycles. The van der Waals surface area contributed by atoms with Crippen LogP contribution in [0.25, 0.3) is 0 Å². The SMILES string of the molecule is Oc1c(F)c(F)c(F)c(F)c1F.[NaH]. The maximum absolute atomic E-state index is 12.2. The third kappa shape index (κ3) is 1.95. The molecule has 0 aliphatic carbocycles. The van der Waals surface area contributed by atoms with Gasteiger partial charge in [-0.2, -0.15) is 8.78 Å². The van der Waals surface area contributed by atoms with Crippen molar-refractivity contribution in [3.63, 3.8) is 0 Å². The van der Waals surface area contributed by atoms with Crippen LogP contribution in [-0.2, 0) is 0 Å². The topological polar surface area (TPSA) is 20.2 Å². The zero-order chi connectivity index (χ0) is 9.46. The number of hydrogen-bond donors (Lipinski definition) is 1. The second-order valence-corrected chi connectivity index (χ2v) is 1.92. The molecule has 0 aromatic heterocycles. The molecular formula is C6H2F5NaO. The number of phenolic OH excluding ortho intramolecular Hbond substituents is 1. The molecule has 1 aromatic carbocycles. The van der Waals surface area contributed by atoms with Crippen LogP contribution in [0.1, 0.15) is 0 Å². The van der Waals surface area contributed by atoms with Crippen molar-refractivity contribution in [1.82, 2.24) is 0 Å². The minimum absolute atomic E-state index is 0. The molecule has 0 saturated carbocycles. The fourth-order valence-corrected chi connectivity index (χ4v) is 0.593. The second-order valence-electron chi connectivity index (χ2n) is 1.92. The molecular weight excluding hydrogens is 206 g/mol. The van der Waals surface area contributed by atoms with Gasteiger partial charge in [-0.3, -0.25) is 0 Å². The molecule has 13 heavy (non-hydrogen) atoms. The summed E-state index contributed by atoms with van der Waals surface area (Å²) in [5.41, 5.74) is 0. The van der Waals surface area contributed by atoms with E-state index in [1.54, 1.807) is 0 Å². The Morgan fingerprint density at radius 3 is 1.15 bits per heavy atom. The Morgan fingerprint density at radius 2 is 0.846 bits per heavy atom. The van der Waals surface area contributed by atoms with Crippen LogP contribution in [-0.4, -0.2) is 34.7 Å². The zero-order valence-electron chi connectivity index (χ0n) is 5.34. The van der Waals surface area contributed by atoms with Gasteiger partial charge in [0.1, 0.15) is 0 Å². The first-order valence-corrected chi connectivity index (χ1v) is 2.67. The Bertz CT molecular complexity index is 235. The Morgan fingerprint density at radius 1 is 0.615 bits per heavy atom. The third-order valence-corrected chi connectivity index (χ3v) is 1.19. The van der Waals surface area contributed by atoms with Crippen LogP contribution in [0.4, 0.5) is 22.0 Å². The van der Waals surface area contributed by atoms with Crippen LogP contribution in [0.2, 0.25) is 0 Å². The number of rotatable bonds is 0. The summed E-state index contributed by atoms with van der Waals surface area (Å²) in [6.07, 6.45) is 0. The summed E-state index contributed by atoms with van der Waals surface area (Å²) in [4.78, 5) is 0. The summed E-state index contributed by atoms with van der Waals surface area (Å²) in [7, 11) is 0.